The van der Waals surface area contributed by atoms with Crippen molar-refractivity contribution in [3.63, 3.8) is 0 Å². The molecule has 0 aliphatic heterocycles. The first-order valence-electron chi connectivity index (χ1n) is 9.95. The molecule has 1 aromatic heterocycles. The van der Waals surface area contributed by atoms with Crippen molar-refractivity contribution in [1.82, 2.24) is 9.97 Å². The number of aromatic nitrogens is 2. The molecule has 0 radical (unpaired) electrons. The molecule has 0 amide bonds. The summed E-state index contributed by atoms with van der Waals surface area (Å²) in [5.74, 6) is 0.906. The van der Waals surface area contributed by atoms with Gasteiger partial charge in [0.1, 0.15) is 5.82 Å². The molecule has 0 saturated heterocycles. The number of imidazole rings is 1. The topological polar surface area (TPSA) is 35.2 Å². The summed E-state index contributed by atoms with van der Waals surface area (Å²) in [5.41, 5.74) is 5.82. The minimum Gasteiger partial charge on any atom is -0.372 e. The maximum Gasteiger partial charge on any atom is 0.137 e. The van der Waals surface area contributed by atoms with E-state index in [1.807, 2.05) is 6.20 Å². The minimum atomic E-state index is 0.906. The van der Waals surface area contributed by atoms with E-state index in [2.05, 4.69) is 96.0 Å². The Morgan fingerprint density at radius 2 is 1.11 bits per heavy atom. The van der Waals surface area contributed by atoms with Gasteiger partial charge in [0, 0.05) is 43.1 Å². The van der Waals surface area contributed by atoms with Crippen molar-refractivity contribution in [2.75, 3.05) is 36.0 Å². The third-order valence-electron chi connectivity index (χ3n) is 5.15. The zero-order chi connectivity index (χ0) is 19.2. The largest absolute Gasteiger partial charge is 0.372 e. The Morgan fingerprint density at radius 1 is 0.667 bits per heavy atom. The summed E-state index contributed by atoms with van der Waals surface area (Å²) in [7, 11) is 0. The van der Waals surface area contributed by atoms with Crippen LogP contribution in [0.25, 0.3) is 22.6 Å². The van der Waals surface area contributed by atoms with Gasteiger partial charge in [0.15, 0.2) is 0 Å². The van der Waals surface area contributed by atoms with Crippen molar-refractivity contribution in [2.45, 2.75) is 27.7 Å². The number of hydrogen-bond donors (Lipinski definition) is 1. The number of hydrogen-bond acceptors (Lipinski definition) is 3. The van der Waals surface area contributed by atoms with Gasteiger partial charge in [0.25, 0.3) is 0 Å². The lowest BCUT2D eigenvalue weighted by Gasteiger charge is -2.21. The number of H-pyrrole nitrogens is 1. The molecule has 0 spiro atoms. The van der Waals surface area contributed by atoms with E-state index in [-0.39, 0.29) is 0 Å². The molecule has 1 N–H and O–H groups in total. The molecular weight excluding hydrogens is 332 g/mol. The number of rotatable bonds is 8. The van der Waals surface area contributed by atoms with Gasteiger partial charge in [-0.2, -0.15) is 0 Å². The van der Waals surface area contributed by atoms with Crippen LogP contribution < -0.4 is 9.80 Å². The van der Waals surface area contributed by atoms with Gasteiger partial charge in [0.2, 0.25) is 0 Å². The highest BCUT2D eigenvalue weighted by Gasteiger charge is 2.08. The highest BCUT2D eigenvalue weighted by atomic mass is 15.1. The van der Waals surface area contributed by atoms with Crippen LogP contribution in [0.4, 0.5) is 11.4 Å². The van der Waals surface area contributed by atoms with Crippen molar-refractivity contribution in [3.05, 3.63) is 54.7 Å². The van der Waals surface area contributed by atoms with Gasteiger partial charge in [-0.25, -0.2) is 4.98 Å². The van der Waals surface area contributed by atoms with Crippen molar-refractivity contribution >= 4 is 11.4 Å². The van der Waals surface area contributed by atoms with Crippen LogP contribution >= 0.6 is 0 Å². The van der Waals surface area contributed by atoms with Crippen LogP contribution in [0.5, 0.6) is 0 Å². The van der Waals surface area contributed by atoms with Crippen LogP contribution in [0, 0.1) is 0 Å². The normalized spacial score (nSPS) is 10.8. The Bertz CT molecular complexity index is 756. The van der Waals surface area contributed by atoms with Crippen molar-refractivity contribution in [2.24, 2.45) is 0 Å². The maximum atomic E-state index is 4.59. The van der Waals surface area contributed by atoms with E-state index in [0.717, 1.165) is 48.8 Å². The van der Waals surface area contributed by atoms with Gasteiger partial charge >= 0.3 is 0 Å². The molecule has 3 rings (SSSR count). The highest BCUT2D eigenvalue weighted by molar-refractivity contribution is 5.67. The van der Waals surface area contributed by atoms with Crippen LogP contribution in [-0.2, 0) is 0 Å². The molecule has 1 heterocycles. The van der Waals surface area contributed by atoms with E-state index in [1.165, 1.54) is 11.4 Å². The first-order valence-corrected chi connectivity index (χ1v) is 9.95. The Hall–Kier alpha value is -2.75. The van der Waals surface area contributed by atoms with Crippen LogP contribution in [0.3, 0.4) is 0 Å². The van der Waals surface area contributed by atoms with Gasteiger partial charge < -0.3 is 14.8 Å². The fourth-order valence-corrected chi connectivity index (χ4v) is 3.47. The van der Waals surface area contributed by atoms with Gasteiger partial charge in [-0.05, 0) is 69.7 Å². The molecule has 4 nitrogen and oxygen atoms in total. The monoisotopic (exact) mass is 362 g/mol. The SMILES string of the molecule is CCN(CC)c1ccc(-c2cnc(-c3ccc(N(CC)CC)cc3)[nH]2)cc1. The molecule has 142 valence electrons. The minimum absolute atomic E-state index is 0.906. The fourth-order valence-electron chi connectivity index (χ4n) is 3.47. The lowest BCUT2D eigenvalue weighted by molar-refractivity contribution is 0.866. The molecule has 3 aromatic rings. The van der Waals surface area contributed by atoms with Crippen LogP contribution in [-0.4, -0.2) is 36.1 Å². The Kier molecular flexibility index (Phi) is 6.17. The molecular formula is C23H30N4. The fraction of sp³-hybridized carbons (Fsp3) is 0.348. The molecule has 0 saturated carbocycles. The van der Waals surface area contributed by atoms with Gasteiger partial charge in [-0.15, -0.1) is 0 Å². The molecule has 4 heteroatoms. The Balaban J connectivity index is 1.78. The number of anilines is 2. The summed E-state index contributed by atoms with van der Waals surface area (Å²) in [5, 5.41) is 0. The predicted octanol–water partition coefficient (Wildman–Crippen LogP) is 5.44. The third-order valence-corrected chi connectivity index (χ3v) is 5.15. The highest BCUT2D eigenvalue weighted by Crippen LogP contribution is 2.26. The zero-order valence-corrected chi connectivity index (χ0v) is 16.9. The quantitative estimate of drug-likeness (QED) is 0.580. The summed E-state index contributed by atoms with van der Waals surface area (Å²) in [6.07, 6.45) is 1.92. The second-order valence-electron chi connectivity index (χ2n) is 6.58. The molecule has 0 aliphatic rings. The van der Waals surface area contributed by atoms with E-state index in [4.69, 9.17) is 0 Å². The molecule has 0 fully saturated rings. The van der Waals surface area contributed by atoms with E-state index in [1.54, 1.807) is 0 Å². The number of nitrogens with zero attached hydrogens (tertiary/aromatic N) is 3. The molecule has 27 heavy (non-hydrogen) atoms. The van der Waals surface area contributed by atoms with Crippen molar-refractivity contribution in [3.8, 4) is 22.6 Å². The average Bonchev–Trinajstić information content (AvgIpc) is 3.21. The van der Waals surface area contributed by atoms with E-state index in [0.29, 0.717) is 0 Å². The van der Waals surface area contributed by atoms with Gasteiger partial charge in [0.05, 0.1) is 11.9 Å². The van der Waals surface area contributed by atoms with Crippen LogP contribution in [0.15, 0.2) is 54.7 Å². The summed E-state index contributed by atoms with van der Waals surface area (Å²) >= 11 is 0. The first kappa shape index (κ1) is 19.0. The lowest BCUT2D eigenvalue weighted by Crippen LogP contribution is -2.21. The van der Waals surface area contributed by atoms with E-state index < -0.39 is 0 Å². The predicted molar refractivity (Wildman–Crippen MR) is 117 cm³/mol. The number of aromatic amines is 1. The summed E-state index contributed by atoms with van der Waals surface area (Å²) < 4.78 is 0. The second kappa shape index (κ2) is 8.76. The first-order chi connectivity index (χ1) is 13.2. The van der Waals surface area contributed by atoms with Crippen LogP contribution in [0.1, 0.15) is 27.7 Å². The molecule has 0 atom stereocenters. The second-order valence-corrected chi connectivity index (χ2v) is 6.58. The molecule has 0 bridgehead atoms. The summed E-state index contributed by atoms with van der Waals surface area (Å²) in [6.45, 7) is 12.8. The Morgan fingerprint density at radius 3 is 1.56 bits per heavy atom. The lowest BCUT2D eigenvalue weighted by atomic mass is 10.1. The summed E-state index contributed by atoms with van der Waals surface area (Å²) in [6, 6.07) is 17.3. The van der Waals surface area contributed by atoms with E-state index in [9.17, 15) is 0 Å². The van der Waals surface area contributed by atoms with Crippen molar-refractivity contribution in [1.29, 1.82) is 0 Å². The maximum absolute atomic E-state index is 4.59. The molecule has 0 aliphatic carbocycles. The Labute approximate surface area is 162 Å². The molecule has 0 unspecified atom stereocenters. The number of nitrogens with one attached hydrogen (secondary N) is 1. The smallest absolute Gasteiger partial charge is 0.137 e. The van der Waals surface area contributed by atoms with E-state index >= 15 is 0 Å². The zero-order valence-electron chi connectivity index (χ0n) is 16.9. The van der Waals surface area contributed by atoms with Crippen molar-refractivity contribution < 1.29 is 0 Å². The van der Waals surface area contributed by atoms with Gasteiger partial charge in [-0.1, -0.05) is 12.1 Å². The van der Waals surface area contributed by atoms with Crippen LogP contribution in [0.2, 0.25) is 0 Å². The number of benzene rings is 2. The standard InChI is InChI=1S/C23H30N4/c1-5-26(6-2)20-13-9-18(10-14-20)22-17-24-23(25-22)19-11-15-21(16-12-19)27(7-3)8-4/h9-17H,5-8H2,1-4H3,(H,24,25). The summed E-state index contributed by atoms with van der Waals surface area (Å²) in [4.78, 5) is 12.7. The molecule has 2 aromatic carbocycles. The van der Waals surface area contributed by atoms with Gasteiger partial charge in [-0.3, -0.25) is 0 Å². The average molecular weight is 363 g/mol. The third kappa shape index (κ3) is 4.16.